The van der Waals surface area contributed by atoms with E-state index in [9.17, 15) is 4.79 Å². The Hall–Kier alpha value is -2.43. The average Bonchev–Trinajstić information content (AvgIpc) is 2.93. The molecule has 3 N–H and O–H groups in total. The highest BCUT2D eigenvalue weighted by Crippen LogP contribution is 2.22. The first kappa shape index (κ1) is 11.6. The number of fused-ring (bicyclic) bond motifs is 1. The molecule has 5 nitrogen and oxygen atoms in total. The van der Waals surface area contributed by atoms with Crippen LogP contribution in [0.2, 0.25) is 0 Å². The molecule has 0 saturated carbocycles. The summed E-state index contributed by atoms with van der Waals surface area (Å²) in [6.45, 7) is 3.95. The van der Waals surface area contributed by atoms with Crippen LogP contribution in [0.15, 0.2) is 39.5 Å². The van der Waals surface area contributed by atoms with Gasteiger partial charge in [-0.1, -0.05) is 0 Å². The second-order valence-electron chi connectivity index (χ2n) is 4.65. The number of nitrogens with one attached hydrogen (secondary N) is 3. The number of aromatic amines is 2. The molecule has 3 aromatic rings. The Morgan fingerprint density at radius 2 is 1.95 bits per heavy atom. The standard InChI is InChI=1S/C14H15N3O2/c1-8-3-6-13(19-8)9(2)15-10-4-5-11-12(7-10)17-14(18)16-11/h3-7,9,15H,1-2H3,(H2,16,17,18). The molecule has 1 aromatic carbocycles. The zero-order valence-corrected chi connectivity index (χ0v) is 10.8. The smallest absolute Gasteiger partial charge is 0.323 e. The van der Waals surface area contributed by atoms with Gasteiger partial charge < -0.3 is 19.7 Å². The van der Waals surface area contributed by atoms with Crippen molar-refractivity contribution in [1.29, 1.82) is 0 Å². The number of H-pyrrole nitrogens is 2. The topological polar surface area (TPSA) is 73.8 Å². The summed E-state index contributed by atoms with van der Waals surface area (Å²) in [4.78, 5) is 16.7. The van der Waals surface area contributed by atoms with Gasteiger partial charge in [0.2, 0.25) is 0 Å². The van der Waals surface area contributed by atoms with Gasteiger partial charge in [0, 0.05) is 5.69 Å². The third-order valence-corrected chi connectivity index (χ3v) is 3.09. The quantitative estimate of drug-likeness (QED) is 0.675. The van der Waals surface area contributed by atoms with Gasteiger partial charge in [-0.3, -0.25) is 0 Å². The van der Waals surface area contributed by atoms with Gasteiger partial charge in [-0.05, 0) is 44.2 Å². The van der Waals surface area contributed by atoms with Crippen LogP contribution >= 0.6 is 0 Å². The van der Waals surface area contributed by atoms with Crippen molar-refractivity contribution in [3.63, 3.8) is 0 Å². The van der Waals surface area contributed by atoms with Gasteiger partial charge in [0.05, 0.1) is 17.1 Å². The van der Waals surface area contributed by atoms with E-state index < -0.39 is 0 Å². The Morgan fingerprint density at radius 1 is 1.16 bits per heavy atom. The fourth-order valence-electron chi connectivity index (χ4n) is 2.13. The number of aromatic nitrogens is 2. The summed E-state index contributed by atoms with van der Waals surface area (Å²) in [5, 5.41) is 3.34. The van der Waals surface area contributed by atoms with E-state index in [1.54, 1.807) is 0 Å². The summed E-state index contributed by atoms with van der Waals surface area (Å²) in [6.07, 6.45) is 0. The first-order chi connectivity index (χ1) is 9.11. The molecule has 1 atom stereocenters. The summed E-state index contributed by atoms with van der Waals surface area (Å²) in [7, 11) is 0. The van der Waals surface area contributed by atoms with Gasteiger partial charge in [-0.25, -0.2) is 4.79 Å². The molecular weight excluding hydrogens is 242 g/mol. The van der Waals surface area contributed by atoms with Crippen LogP contribution < -0.4 is 11.0 Å². The van der Waals surface area contributed by atoms with E-state index >= 15 is 0 Å². The Morgan fingerprint density at radius 3 is 2.68 bits per heavy atom. The van der Waals surface area contributed by atoms with Gasteiger partial charge in [0.15, 0.2) is 0 Å². The lowest BCUT2D eigenvalue weighted by molar-refractivity contribution is 0.467. The van der Waals surface area contributed by atoms with Crippen LogP contribution in [-0.2, 0) is 0 Å². The minimum atomic E-state index is -0.193. The number of aryl methyl sites for hydroxylation is 1. The first-order valence-corrected chi connectivity index (χ1v) is 6.17. The lowest BCUT2D eigenvalue weighted by Crippen LogP contribution is -2.05. The third kappa shape index (κ3) is 2.27. The summed E-state index contributed by atoms with van der Waals surface area (Å²) in [5.74, 6) is 1.79. The van der Waals surface area contributed by atoms with E-state index in [1.165, 1.54) is 0 Å². The van der Waals surface area contributed by atoms with Crippen molar-refractivity contribution in [3.05, 3.63) is 52.3 Å². The molecule has 1 unspecified atom stereocenters. The summed E-state index contributed by atoms with van der Waals surface area (Å²) >= 11 is 0. The van der Waals surface area contributed by atoms with Crippen LogP contribution in [0.25, 0.3) is 11.0 Å². The van der Waals surface area contributed by atoms with Crippen molar-refractivity contribution in [3.8, 4) is 0 Å². The molecule has 98 valence electrons. The van der Waals surface area contributed by atoms with E-state index in [2.05, 4.69) is 15.3 Å². The van der Waals surface area contributed by atoms with Gasteiger partial charge in [-0.15, -0.1) is 0 Å². The average molecular weight is 257 g/mol. The molecule has 0 aliphatic heterocycles. The fourth-order valence-corrected chi connectivity index (χ4v) is 2.13. The van der Waals surface area contributed by atoms with Crippen molar-refractivity contribution in [1.82, 2.24) is 9.97 Å². The lowest BCUT2D eigenvalue weighted by Gasteiger charge is -2.12. The Labute approximate surface area is 109 Å². The van der Waals surface area contributed by atoms with E-state index in [0.717, 1.165) is 28.2 Å². The van der Waals surface area contributed by atoms with Crippen LogP contribution in [0.4, 0.5) is 5.69 Å². The minimum Gasteiger partial charge on any atom is -0.464 e. The summed E-state index contributed by atoms with van der Waals surface area (Å²) < 4.78 is 5.58. The summed E-state index contributed by atoms with van der Waals surface area (Å²) in [6, 6.07) is 9.68. The highest BCUT2D eigenvalue weighted by atomic mass is 16.3. The van der Waals surface area contributed by atoms with Crippen molar-refractivity contribution < 1.29 is 4.42 Å². The molecule has 0 saturated heterocycles. The van der Waals surface area contributed by atoms with E-state index in [1.807, 2.05) is 44.2 Å². The lowest BCUT2D eigenvalue weighted by atomic mass is 10.2. The molecule has 0 fully saturated rings. The maximum Gasteiger partial charge on any atom is 0.323 e. The van der Waals surface area contributed by atoms with E-state index in [0.29, 0.717) is 0 Å². The van der Waals surface area contributed by atoms with Crippen LogP contribution in [-0.4, -0.2) is 9.97 Å². The number of imidazole rings is 1. The number of hydrogen-bond acceptors (Lipinski definition) is 3. The Bertz CT molecular complexity index is 766. The largest absolute Gasteiger partial charge is 0.464 e. The molecule has 2 heterocycles. The predicted molar refractivity (Wildman–Crippen MR) is 74.4 cm³/mol. The normalized spacial score (nSPS) is 12.7. The van der Waals surface area contributed by atoms with Gasteiger partial charge >= 0.3 is 5.69 Å². The number of benzene rings is 1. The zero-order chi connectivity index (χ0) is 13.4. The molecule has 0 aliphatic carbocycles. The van der Waals surface area contributed by atoms with Gasteiger partial charge in [0.25, 0.3) is 0 Å². The van der Waals surface area contributed by atoms with E-state index in [4.69, 9.17) is 4.42 Å². The van der Waals surface area contributed by atoms with Crippen LogP contribution in [0, 0.1) is 6.92 Å². The van der Waals surface area contributed by atoms with Crippen molar-refractivity contribution in [2.75, 3.05) is 5.32 Å². The van der Waals surface area contributed by atoms with Crippen LogP contribution in [0.1, 0.15) is 24.5 Å². The zero-order valence-electron chi connectivity index (χ0n) is 10.8. The number of anilines is 1. The van der Waals surface area contributed by atoms with Crippen molar-refractivity contribution in [2.24, 2.45) is 0 Å². The molecular formula is C14H15N3O2. The number of hydrogen-bond donors (Lipinski definition) is 3. The molecule has 0 amide bonds. The third-order valence-electron chi connectivity index (χ3n) is 3.09. The monoisotopic (exact) mass is 257 g/mol. The molecule has 0 spiro atoms. The summed E-state index contributed by atoms with van der Waals surface area (Å²) in [5.41, 5.74) is 2.33. The molecule has 0 radical (unpaired) electrons. The second-order valence-corrected chi connectivity index (χ2v) is 4.65. The van der Waals surface area contributed by atoms with Crippen LogP contribution in [0.3, 0.4) is 0 Å². The minimum absolute atomic E-state index is 0.0665. The van der Waals surface area contributed by atoms with Crippen molar-refractivity contribution in [2.45, 2.75) is 19.9 Å². The maximum atomic E-state index is 11.2. The molecule has 0 bridgehead atoms. The van der Waals surface area contributed by atoms with Gasteiger partial charge in [-0.2, -0.15) is 0 Å². The molecule has 0 aliphatic rings. The molecule has 5 heteroatoms. The predicted octanol–water partition coefficient (Wildman–Crippen LogP) is 2.93. The SMILES string of the molecule is Cc1ccc(C(C)Nc2ccc3[nH]c(=O)[nH]c3c2)o1. The number of furan rings is 1. The Balaban J connectivity index is 1.86. The maximum absolute atomic E-state index is 11.2. The molecule has 19 heavy (non-hydrogen) atoms. The molecule has 3 rings (SSSR count). The Kier molecular flexibility index (Phi) is 2.67. The fraction of sp³-hybridized carbons (Fsp3) is 0.214. The first-order valence-electron chi connectivity index (χ1n) is 6.17. The second kappa shape index (κ2) is 4.35. The number of rotatable bonds is 3. The highest BCUT2D eigenvalue weighted by molar-refractivity contribution is 5.78. The molecule has 2 aromatic heterocycles. The van der Waals surface area contributed by atoms with Crippen molar-refractivity contribution >= 4 is 16.7 Å². The van der Waals surface area contributed by atoms with Crippen LogP contribution in [0.5, 0.6) is 0 Å². The highest BCUT2D eigenvalue weighted by Gasteiger charge is 2.09. The van der Waals surface area contributed by atoms with Gasteiger partial charge in [0.1, 0.15) is 11.5 Å². The van der Waals surface area contributed by atoms with E-state index in [-0.39, 0.29) is 11.7 Å².